The predicted molar refractivity (Wildman–Crippen MR) is 77.6 cm³/mol. The number of carbonyl (C=O) groups is 1. The first-order valence-corrected chi connectivity index (χ1v) is 6.96. The molecule has 1 fully saturated rings. The van der Waals surface area contributed by atoms with Crippen LogP contribution in [0, 0.1) is 10.1 Å². The molecule has 0 saturated heterocycles. The van der Waals surface area contributed by atoms with Crippen LogP contribution in [-0.4, -0.2) is 37.1 Å². The number of rotatable bonds is 8. The van der Waals surface area contributed by atoms with Crippen molar-refractivity contribution in [2.45, 2.75) is 25.3 Å². The monoisotopic (exact) mass is 293 g/mol. The number of ether oxygens (including phenoxy) is 1. The Labute approximate surface area is 122 Å². The minimum absolute atomic E-state index is 0.144. The first-order valence-electron chi connectivity index (χ1n) is 6.96. The summed E-state index contributed by atoms with van der Waals surface area (Å²) in [6, 6.07) is 4.84. The lowest BCUT2D eigenvalue weighted by atomic mass is 10.1. The Bertz CT molecular complexity index is 529. The van der Waals surface area contributed by atoms with Gasteiger partial charge in [0.15, 0.2) is 5.75 Å². The summed E-state index contributed by atoms with van der Waals surface area (Å²) in [6.07, 6.45) is 3.31. The van der Waals surface area contributed by atoms with Gasteiger partial charge in [0.1, 0.15) is 0 Å². The van der Waals surface area contributed by atoms with Gasteiger partial charge in [0.2, 0.25) is 0 Å². The van der Waals surface area contributed by atoms with E-state index in [9.17, 15) is 14.9 Å². The Balaban J connectivity index is 1.85. The summed E-state index contributed by atoms with van der Waals surface area (Å²) >= 11 is 0. The van der Waals surface area contributed by atoms with Gasteiger partial charge in [-0.3, -0.25) is 14.9 Å². The summed E-state index contributed by atoms with van der Waals surface area (Å²) in [5, 5.41) is 17.0. The molecule has 0 spiro atoms. The number of nitrogens with zero attached hydrogens (tertiary/aromatic N) is 1. The van der Waals surface area contributed by atoms with Crippen molar-refractivity contribution < 1.29 is 14.5 Å². The molecule has 2 rings (SSSR count). The van der Waals surface area contributed by atoms with Crippen LogP contribution in [0.15, 0.2) is 18.2 Å². The number of nitrogens with one attached hydrogen (secondary N) is 2. The highest BCUT2D eigenvalue weighted by molar-refractivity contribution is 5.95. The fourth-order valence-corrected chi connectivity index (χ4v) is 1.96. The summed E-state index contributed by atoms with van der Waals surface area (Å²) < 4.78 is 4.90. The second-order valence-corrected chi connectivity index (χ2v) is 4.98. The molecule has 2 N–H and O–H groups in total. The van der Waals surface area contributed by atoms with E-state index in [4.69, 9.17) is 4.74 Å². The summed E-state index contributed by atoms with van der Waals surface area (Å²) in [7, 11) is 1.36. The number of amides is 1. The van der Waals surface area contributed by atoms with Gasteiger partial charge in [-0.1, -0.05) is 0 Å². The van der Waals surface area contributed by atoms with Crippen LogP contribution in [0.5, 0.6) is 5.75 Å². The van der Waals surface area contributed by atoms with Gasteiger partial charge < -0.3 is 15.4 Å². The first-order chi connectivity index (χ1) is 10.1. The zero-order chi connectivity index (χ0) is 15.2. The molecule has 0 atom stereocenters. The van der Waals surface area contributed by atoms with Crippen LogP contribution in [0.4, 0.5) is 5.69 Å². The molecule has 1 saturated carbocycles. The highest BCUT2D eigenvalue weighted by Gasteiger charge is 2.20. The fourth-order valence-electron chi connectivity index (χ4n) is 1.96. The van der Waals surface area contributed by atoms with Gasteiger partial charge in [0.05, 0.1) is 12.0 Å². The number of nitro benzene ring substituents is 1. The van der Waals surface area contributed by atoms with Gasteiger partial charge in [-0.05, 0) is 37.9 Å². The van der Waals surface area contributed by atoms with E-state index in [1.165, 1.54) is 38.2 Å². The number of methoxy groups -OCH3 is 1. The Hall–Kier alpha value is -2.15. The zero-order valence-electron chi connectivity index (χ0n) is 11.9. The molecule has 0 unspecified atom stereocenters. The molecule has 1 amide bonds. The molecule has 1 aliphatic rings. The average molecular weight is 293 g/mol. The third-order valence-corrected chi connectivity index (χ3v) is 3.29. The molecule has 7 heteroatoms. The average Bonchev–Trinajstić information content (AvgIpc) is 3.30. The largest absolute Gasteiger partial charge is 0.490 e. The van der Waals surface area contributed by atoms with Gasteiger partial charge >= 0.3 is 5.69 Å². The number of hydrogen-bond acceptors (Lipinski definition) is 5. The summed E-state index contributed by atoms with van der Waals surface area (Å²) in [6.45, 7) is 1.41. The third-order valence-electron chi connectivity index (χ3n) is 3.29. The number of benzene rings is 1. The van der Waals surface area contributed by atoms with Crippen molar-refractivity contribution in [1.82, 2.24) is 10.6 Å². The van der Waals surface area contributed by atoms with Crippen LogP contribution in [0.1, 0.15) is 29.6 Å². The number of carbonyl (C=O) groups excluding carboxylic acids is 1. The topological polar surface area (TPSA) is 93.5 Å². The molecule has 114 valence electrons. The van der Waals surface area contributed by atoms with E-state index in [1.807, 2.05) is 0 Å². The van der Waals surface area contributed by atoms with Crippen LogP contribution in [0.2, 0.25) is 0 Å². The Morgan fingerprint density at radius 3 is 2.81 bits per heavy atom. The fraction of sp³-hybridized carbons (Fsp3) is 0.500. The highest BCUT2D eigenvalue weighted by atomic mass is 16.6. The van der Waals surface area contributed by atoms with Gasteiger partial charge in [0, 0.05) is 24.2 Å². The van der Waals surface area contributed by atoms with Gasteiger partial charge in [-0.15, -0.1) is 0 Å². The summed E-state index contributed by atoms with van der Waals surface area (Å²) in [5.41, 5.74) is 0.0539. The minimum Gasteiger partial charge on any atom is -0.490 e. The normalized spacial score (nSPS) is 13.8. The zero-order valence-corrected chi connectivity index (χ0v) is 11.9. The first kappa shape index (κ1) is 15.2. The maximum atomic E-state index is 11.9. The minimum atomic E-state index is -0.560. The molecule has 0 heterocycles. The molecule has 0 radical (unpaired) electrons. The molecule has 7 nitrogen and oxygen atoms in total. The molecule has 0 aromatic heterocycles. The van der Waals surface area contributed by atoms with Crippen molar-refractivity contribution in [3.63, 3.8) is 0 Å². The molecule has 0 aliphatic heterocycles. The van der Waals surface area contributed by atoms with Crippen LogP contribution in [0.3, 0.4) is 0 Å². The van der Waals surface area contributed by atoms with Crippen LogP contribution >= 0.6 is 0 Å². The van der Waals surface area contributed by atoms with Crippen molar-refractivity contribution in [2.75, 3.05) is 20.2 Å². The lowest BCUT2D eigenvalue weighted by Gasteiger charge is -2.07. The molecule has 21 heavy (non-hydrogen) atoms. The second kappa shape index (κ2) is 7.03. The SMILES string of the molecule is COc1ccc(C(=O)NCCCNC2CC2)cc1[N+](=O)[O-]. The maximum Gasteiger partial charge on any atom is 0.311 e. The summed E-state index contributed by atoms with van der Waals surface area (Å²) in [4.78, 5) is 22.3. The van der Waals surface area contributed by atoms with Gasteiger partial charge in [0.25, 0.3) is 5.91 Å². The molecule has 1 aromatic rings. The smallest absolute Gasteiger partial charge is 0.311 e. The quantitative estimate of drug-likeness (QED) is 0.430. The summed E-state index contributed by atoms with van der Waals surface area (Å²) in [5.74, 6) is -0.169. The Morgan fingerprint density at radius 1 is 1.43 bits per heavy atom. The molecular weight excluding hydrogens is 274 g/mol. The van der Waals surface area contributed by atoms with Crippen molar-refractivity contribution in [3.05, 3.63) is 33.9 Å². The van der Waals surface area contributed by atoms with Crippen LogP contribution < -0.4 is 15.4 Å². The Kier molecular flexibility index (Phi) is 5.10. The number of nitro groups is 1. The lowest BCUT2D eigenvalue weighted by Crippen LogP contribution is -2.28. The van der Waals surface area contributed by atoms with Crippen LogP contribution in [0.25, 0.3) is 0 Å². The van der Waals surface area contributed by atoms with Crippen molar-refractivity contribution >= 4 is 11.6 Å². The van der Waals surface area contributed by atoms with E-state index < -0.39 is 4.92 Å². The van der Waals surface area contributed by atoms with E-state index in [-0.39, 0.29) is 22.9 Å². The van der Waals surface area contributed by atoms with Gasteiger partial charge in [-0.25, -0.2) is 0 Å². The van der Waals surface area contributed by atoms with E-state index >= 15 is 0 Å². The van der Waals surface area contributed by atoms with Crippen molar-refractivity contribution in [1.29, 1.82) is 0 Å². The van der Waals surface area contributed by atoms with E-state index in [1.54, 1.807) is 0 Å². The van der Waals surface area contributed by atoms with E-state index in [2.05, 4.69) is 10.6 Å². The predicted octanol–water partition coefficient (Wildman–Crippen LogP) is 1.48. The highest BCUT2D eigenvalue weighted by Crippen LogP contribution is 2.27. The molecule has 1 aliphatic carbocycles. The molecule has 1 aromatic carbocycles. The molecule has 0 bridgehead atoms. The standard InChI is InChI=1S/C14H19N3O4/c1-21-13-6-3-10(9-12(13)17(19)20)14(18)16-8-2-7-15-11-4-5-11/h3,6,9,11,15H,2,4-5,7-8H2,1H3,(H,16,18). The number of hydrogen-bond donors (Lipinski definition) is 2. The third kappa shape index (κ3) is 4.42. The van der Waals surface area contributed by atoms with E-state index in [0.717, 1.165) is 13.0 Å². The van der Waals surface area contributed by atoms with Crippen molar-refractivity contribution in [3.8, 4) is 5.75 Å². The lowest BCUT2D eigenvalue weighted by molar-refractivity contribution is -0.385. The van der Waals surface area contributed by atoms with Crippen LogP contribution in [-0.2, 0) is 0 Å². The van der Waals surface area contributed by atoms with Crippen molar-refractivity contribution in [2.24, 2.45) is 0 Å². The maximum absolute atomic E-state index is 11.9. The molecular formula is C14H19N3O4. The Morgan fingerprint density at radius 2 is 2.19 bits per heavy atom. The second-order valence-electron chi connectivity index (χ2n) is 4.98. The van der Waals surface area contributed by atoms with Gasteiger partial charge in [-0.2, -0.15) is 0 Å². The van der Waals surface area contributed by atoms with E-state index in [0.29, 0.717) is 12.6 Å².